The normalized spacial score (nSPS) is 9.67. The van der Waals surface area contributed by atoms with E-state index in [0.717, 1.165) is 6.07 Å². The van der Waals surface area contributed by atoms with Crippen LogP contribution in [0.1, 0.15) is 17.3 Å². The van der Waals surface area contributed by atoms with Gasteiger partial charge in [0.25, 0.3) is 5.69 Å². The molecule has 1 rings (SSSR count). The van der Waals surface area contributed by atoms with E-state index in [-0.39, 0.29) is 22.8 Å². The van der Waals surface area contributed by atoms with E-state index >= 15 is 0 Å². The molecule has 0 saturated heterocycles. The Bertz CT molecular complexity index is 496. The number of methoxy groups -OCH3 is 1. The predicted octanol–water partition coefficient (Wildman–Crippen LogP) is 1.35. The standard InChI is InChI=1S/C11H11NO6/c1-7(13)9-4-3-8(12(15)16)5-10(9)18-6-11(14)17-2/h3-5H,6H2,1-2H3. The van der Waals surface area contributed by atoms with Crippen LogP contribution in [0.3, 0.4) is 0 Å². The highest BCUT2D eigenvalue weighted by atomic mass is 16.6. The summed E-state index contributed by atoms with van der Waals surface area (Å²) < 4.78 is 9.41. The molecule has 0 saturated carbocycles. The summed E-state index contributed by atoms with van der Waals surface area (Å²) in [5, 5.41) is 10.6. The Morgan fingerprint density at radius 3 is 2.56 bits per heavy atom. The van der Waals surface area contributed by atoms with Gasteiger partial charge < -0.3 is 9.47 Å². The van der Waals surface area contributed by atoms with E-state index in [1.54, 1.807) is 0 Å². The summed E-state index contributed by atoms with van der Waals surface area (Å²) in [7, 11) is 1.19. The first kappa shape index (κ1) is 13.6. The fourth-order valence-corrected chi connectivity index (χ4v) is 1.23. The first-order valence-electron chi connectivity index (χ1n) is 4.94. The summed E-state index contributed by atoms with van der Waals surface area (Å²) in [6, 6.07) is 3.58. The Hall–Kier alpha value is -2.44. The van der Waals surface area contributed by atoms with Gasteiger partial charge in [-0.25, -0.2) is 4.79 Å². The van der Waals surface area contributed by atoms with Crippen molar-refractivity contribution in [1.29, 1.82) is 0 Å². The van der Waals surface area contributed by atoms with Gasteiger partial charge in [-0.3, -0.25) is 14.9 Å². The highest BCUT2D eigenvalue weighted by Gasteiger charge is 2.15. The van der Waals surface area contributed by atoms with Gasteiger partial charge in [0.15, 0.2) is 12.4 Å². The number of ketones is 1. The summed E-state index contributed by atoms with van der Waals surface area (Å²) in [6.45, 7) is 0.879. The van der Waals surface area contributed by atoms with Gasteiger partial charge in [0.05, 0.1) is 23.7 Å². The molecule has 0 radical (unpaired) electrons. The van der Waals surface area contributed by atoms with E-state index in [1.807, 2.05) is 0 Å². The number of carbonyl (C=O) groups is 2. The number of ether oxygens (including phenoxy) is 2. The van der Waals surface area contributed by atoms with E-state index in [0.29, 0.717) is 0 Å². The summed E-state index contributed by atoms with van der Waals surface area (Å²) in [4.78, 5) is 32.2. The fourth-order valence-electron chi connectivity index (χ4n) is 1.23. The smallest absolute Gasteiger partial charge is 0.343 e. The molecule has 96 valence electrons. The Morgan fingerprint density at radius 2 is 2.06 bits per heavy atom. The third-order valence-electron chi connectivity index (χ3n) is 2.13. The number of nitrogens with zero attached hydrogens (tertiary/aromatic N) is 1. The molecule has 1 aromatic rings. The van der Waals surface area contributed by atoms with Gasteiger partial charge in [-0.15, -0.1) is 0 Å². The molecule has 0 aliphatic carbocycles. The van der Waals surface area contributed by atoms with E-state index in [9.17, 15) is 19.7 Å². The third kappa shape index (κ3) is 3.27. The molecular weight excluding hydrogens is 242 g/mol. The molecule has 0 heterocycles. The molecular formula is C11H11NO6. The summed E-state index contributed by atoms with van der Waals surface area (Å²) in [5.74, 6) is -0.970. The molecule has 0 amide bonds. The third-order valence-corrected chi connectivity index (χ3v) is 2.13. The lowest BCUT2D eigenvalue weighted by molar-refractivity contribution is -0.384. The van der Waals surface area contributed by atoms with Gasteiger partial charge in [-0.05, 0) is 13.0 Å². The minimum atomic E-state index is -0.643. The van der Waals surface area contributed by atoms with Crippen molar-refractivity contribution in [2.75, 3.05) is 13.7 Å². The molecule has 7 heteroatoms. The zero-order chi connectivity index (χ0) is 13.7. The first-order chi connectivity index (χ1) is 8.45. The van der Waals surface area contributed by atoms with Crippen molar-refractivity contribution in [3.8, 4) is 5.75 Å². The number of hydrogen-bond donors (Lipinski definition) is 0. The van der Waals surface area contributed by atoms with Crippen molar-refractivity contribution in [3.63, 3.8) is 0 Å². The number of rotatable bonds is 5. The van der Waals surface area contributed by atoms with Gasteiger partial charge >= 0.3 is 5.97 Å². The zero-order valence-corrected chi connectivity index (χ0v) is 9.84. The lowest BCUT2D eigenvalue weighted by atomic mass is 10.1. The van der Waals surface area contributed by atoms with E-state index < -0.39 is 17.5 Å². The molecule has 0 bridgehead atoms. The SMILES string of the molecule is COC(=O)COc1cc([N+](=O)[O-])ccc1C(C)=O. The Labute approximate surface area is 102 Å². The largest absolute Gasteiger partial charge is 0.481 e. The van der Waals surface area contributed by atoms with Crippen LogP contribution in [0.25, 0.3) is 0 Å². The van der Waals surface area contributed by atoms with Crippen LogP contribution in [0.2, 0.25) is 0 Å². The van der Waals surface area contributed by atoms with Crippen molar-refractivity contribution in [3.05, 3.63) is 33.9 Å². The van der Waals surface area contributed by atoms with Crippen LogP contribution in [-0.2, 0) is 9.53 Å². The minimum Gasteiger partial charge on any atom is -0.481 e. The van der Waals surface area contributed by atoms with Gasteiger partial charge in [0, 0.05) is 6.07 Å². The molecule has 18 heavy (non-hydrogen) atoms. The second-order valence-electron chi connectivity index (χ2n) is 3.36. The Morgan fingerprint density at radius 1 is 1.39 bits per heavy atom. The van der Waals surface area contributed by atoms with Crippen LogP contribution in [0.15, 0.2) is 18.2 Å². The van der Waals surface area contributed by atoms with Crippen LogP contribution in [0.5, 0.6) is 5.75 Å². The molecule has 0 aromatic heterocycles. The Kier molecular flexibility index (Phi) is 4.36. The number of nitro groups is 1. The second kappa shape index (κ2) is 5.76. The van der Waals surface area contributed by atoms with Crippen molar-refractivity contribution in [2.45, 2.75) is 6.92 Å². The van der Waals surface area contributed by atoms with E-state index in [4.69, 9.17) is 4.74 Å². The predicted molar refractivity (Wildman–Crippen MR) is 60.6 cm³/mol. The van der Waals surface area contributed by atoms with Crippen LogP contribution < -0.4 is 4.74 Å². The number of hydrogen-bond acceptors (Lipinski definition) is 6. The quantitative estimate of drug-likeness (QED) is 0.340. The topological polar surface area (TPSA) is 95.7 Å². The highest BCUT2D eigenvalue weighted by Crippen LogP contribution is 2.25. The van der Waals surface area contributed by atoms with Crippen LogP contribution >= 0.6 is 0 Å². The monoisotopic (exact) mass is 253 g/mol. The van der Waals surface area contributed by atoms with Gasteiger partial charge in [0.1, 0.15) is 5.75 Å². The average molecular weight is 253 g/mol. The lowest BCUT2D eigenvalue weighted by Gasteiger charge is -2.08. The first-order valence-corrected chi connectivity index (χ1v) is 4.94. The molecule has 0 fully saturated rings. The fraction of sp³-hybridized carbons (Fsp3) is 0.273. The van der Waals surface area contributed by atoms with Crippen LogP contribution in [0, 0.1) is 10.1 Å². The molecule has 0 N–H and O–H groups in total. The molecule has 0 aliphatic rings. The van der Waals surface area contributed by atoms with Gasteiger partial charge in [-0.1, -0.05) is 0 Å². The highest BCUT2D eigenvalue weighted by molar-refractivity contribution is 5.97. The summed E-state index contributed by atoms with van der Waals surface area (Å²) in [6.07, 6.45) is 0. The number of carbonyl (C=O) groups excluding carboxylic acids is 2. The van der Waals surface area contributed by atoms with Crippen LogP contribution in [-0.4, -0.2) is 30.4 Å². The number of non-ortho nitro benzene ring substituents is 1. The maximum Gasteiger partial charge on any atom is 0.343 e. The molecule has 7 nitrogen and oxygen atoms in total. The minimum absolute atomic E-state index is 0.0119. The number of benzene rings is 1. The average Bonchev–Trinajstić information content (AvgIpc) is 2.35. The maximum absolute atomic E-state index is 11.3. The van der Waals surface area contributed by atoms with Crippen molar-refractivity contribution < 1.29 is 24.0 Å². The van der Waals surface area contributed by atoms with Crippen molar-refractivity contribution in [2.24, 2.45) is 0 Å². The van der Waals surface area contributed by atoms with Gasteiger partial charge in [0.2, 0.25) is 0 Å². The number of esters is 1. The summed E-state index contributed by atoms with van der Waals surface area (Å²) >= 11 is 0. The van der Waals surface area contributed by atoms with E-state index in [1.165, 1.54) is 26.2 Å². The zero-order valence-electron chi connectivity index (χ0n) is 9.84. The summed E-state index contributed by atoms with van der Waals surface area (Å²) in [5.41, 5.74) is -0.0515. The second-order valence-corrected chi connectivity index (χ2v) is 3.36. The van der Waals surface area contributed by atoms with Crippen molar-refractivity contribution in [1.82, 2.24) is 0 Å². The molecule has 0 unspecified atom stereocenters. The van der Waals surface area contributed by atoms with E-state index in [2.05, 4.69) is 4.74 Å². The molecule has 0 atom stereocenters. The maximum atomic E-state index is 11.3. The molecule has 1 aromatic carbocycles. The number of nitro benzene ring substituents is 1. The van der Waals surface area contributed by atoms with Crippen LogP contribution in [0.4, 0.5) is 5.69 Å². The van der Waals surface area contributed by atoms with Crippen molar-refractivity contribution >= 4 is 17.4 Å². The number of Topliss-reactive ketones (excluding diaryl/α,β-unsaturated/α-hetero) is 1. The lowest BCUT2D eigenvalue weighted by Crippen LogP contribution is -2.14. The molecule has 0 spiro atoms. The molecule has 0 aliphatic heterocycles. The van der Waals surface area contributed by atoms with Gasteiger partial charge in [-0.2, -0.15) is 0 Å². The Balaban J connectivity index is 3.03.